The molecule has 0 bridgehead atoms. The normalized spacial score (nSPS) is 18.3. The number of rotatable bonds is 3. The number of ether oxygens (including phenoxy) is 3. The van der Waals surface area contributed by atoms with Crippen molar-refractivity contribution in [2.75, 3.05) is 38.2 Å². The Kier molecular flexibility index (Phi) is 4.76. The van der Waals surface area contributed by atoms with E-state index in [1.807, 2.05) is 24.3 Å². The molecule has 2 aromatic carbocycles. The number of hydrogen-bond acceptors (Lipinski definition) is 6. The predicted molar refractivity (Wildman–Crippen MR) is 108 cm³/mol. The van der Waals surface area contributed by atoms with E-state index in [-0.39, 0.29) is 18.3 Å². The van der Waals surface area contributed by atoms with Crippen LogP contribution < -0.4 is 14.8 Å². The third-order valence-corrected chi connectivity index (χ3v) is 5.14. The van der Waals surface area contributed by atoms with E-state index in [1.54, 1.807) is 29.2 Å². The largest absolute Gasteiger partial charge is 0.485 e. The Morgan fingerprint density at radius 2 is 1.70 bits per heavy atom. The van der Waals surface area contributed by atoms with E-state index >= 15 is 0 Å². The van der Waals surface area contributed by atoms with Gasteiger partial charge in [-0.3, -0.25) is 9.59 Å². The molecule has 3 heterocycles. The van der Waals surface area contributed by atoms with Gasteiger partial charge in [0.1, 0.15) is 17.9 Å². The van der Waals surface area contributed by atoms with Crippen LogP contribution in [0, 0.1) is 0 Å². The van der Waals surface area contributed by atoms with Gasteiger partial charge in [-0.2, -0.15) is 0 Å². The molecule has 1 N–H and O–H groups in total. The first-order chi connectivity index (χ1) is 14.7. The number of amides is 2. The lowest BCUT2D eigenvalue weighted by molar-refractivity contribution is -0.125. The minimum atomic E-state index is -0.847. The summed E-state index contributed by atoms with van der Waals surface area (Å²) in [6.45, 7) is 1.96. The summed E-state index contributed by atoms with van der Waals surface area (Å²) >= 11 is 0. The predicted octanol–water partition coefficient (Wildman–Crippen LogP) is 2.68. The van der Waals surface area contributed by atoms with E-state index in [4.69, 9.17) is 18.6 Å². The summed E-state index contributed by atoms with van der Waals surface area (Å²) in [6, 6.07) is 14.4. The minimum Gasteiger partial charge on any atom is -0.485 e. The lowest BCUT2D eigenvalue weighted by Crippen LogP contribution is -2.42. The van der Waals surface area contributed by atoms with Crippen LogP contribution in [0.3, 0.4) is 0 Å². The minimum absolute atomic E-state index is 0.0748. The zero-order chi connectivity index (χ0) is 20.5. The van der Waals surface area contributed by atoms with Crippen molar-refractivity contribution in [1.82, 2.24) is 4.90 Å². The number of fused-ring (bicyclic) bond motifs is 2. The number of morpholine rings is 1. The molecule has 154 valence electrons. The highest BCUT2D eigenvalue weighted by atomic mass is 16.6. The molecule has 2 aliphatic rings. The van der Waals surface area contributed by atoms with Crippen LogP contribution >= 0.6 is 0 Å². The molecular weight excluding hydrogens is 388 g/mol. The Balaban J connectivity index is 1.43. The summed E-state index contributed by atoms with van der Waals surface area (Å²) in [7, 11) is 0. The molecule has 0 unspecified atom stereocenters. The molecule has 1 atom stereocenters. The molecule has 3 aromatic rings. The Morgan fingerprint density at radius 3 is 2.53 bits per heavy atom. The van der Waals surface area contributed by atoms with E-state index in [2.05, 4.69) is 5.32 Å². The second-order valence-corrected chi connectivity index (χ2v) is 7.06. The zero-order valence-electron chi connectivity index (χ0n) is 16.1. The van der Waals surface area contributed by atoms with Gasteiger partial charge >= 0.3 is 0 Å². The standard InChI is InChI=1S/C22H20N2O6/c25-21(18-13-28-16-7-3-4-8-17(16)29-18)23-19-14-5-1-2-6-15(14)30-20(19)22(26)24-9-11-27-12-10-24/h1-8,18H,9-13H2,(H,23,25)/t18-/m0/s1. The van der Waals surface area contributed by atoms with Gasteiger partial charge in [-0.05, 0) is 24.3 Å². The van der Waals surface area contributed by atoms with E-state index in [9.17, 15) is 9.59 Å². The molecule has 8 nitrogen and oxygen atoms in total. The molecule has 8 heteroatoms. The highest BCUT2D eigenvalue weighted by Crippen LogP contribution is 2.34. The number of benzene rings is 2. The van der Waals surface area contributed by atoms with Gasteiger partial charge in [0.15, 0.2) is 11.5 Å². The van der Waals surface area contributed by atoms with Gasteiger partial charge < -0.3 is 28.8 Å². The highest BCUT2D eigenvalue weighted by Gasteiger charge is 2.32. The van der Waals surface area contributed by atoms with Crippen LogP contribution in [0.1, 0.15) is 10.6 Å². The quantitative estimate of drug-likeness (QED) is 0.717. The number of furan rings is 1. The Bertz CT molecular complexity index is 1100. The first-order valence-corrected chi connectivity index (χ1v) is 9.78. The van der Waals surface area contributed by atoms with Crippen LogP contribution in [-0.4, -0.2) is 55.7 Å². The van der Waals surface area contributed by atoms with Gasteiger partial charge in [0.2, 0.25) is 11.9 Å². The van der Waals surface area contributed by atoms with Crippen molar-refractivity contribution < 1.29 is 28.2 Å². The number of nitrogens with zero attached hydrogens (tertiary/aromatic N) is 1. The molecule has 1 fully saturated rings. The monoisotopic (exact) mass is 408 g/mol. The summed E-state index contributed by atoms with van der Waals surface area (Å²) < 4.78 is 22.6. The molecule has 0 radical (unpaired) electrons. The maximum absolute atomic E-state index is 13.1. The molecule has 2 aliphatic heterocycles. The van der Waals surface area contributed by atoms with Gasteiger partial charge in [0.25, 0.3) is 11.8 Å². The van der Waals surface area contributed by atoms with Crippen molar-refractivity contribution in [3.63, 3.8) is 0 Å². The number of nitrogens with one attached hydrogen (secondary N) is 1. The molecular formula is C22H20N2O6. The average Bonchev–Trinajstić information content (AvgIpc) is 3.17. The van der Waals surface area contributed by atoms with Crippen molar-refractivity contribution >= 4 is 28.5 Å². The summed E-state index contributed by atoms with van der Waals surface area (Å²) in [6.07, 6.45) is -0.847. The smallest absolute Gasteiger partial charge is 0.291 e. The van der Waals surface area contributed by atoms with Crippen molar-refractivity contribution in [1.29, 1.82) is 0 Å². The number of carbonyl (C=O) groups is 2. The second-order valence-electron chi connectivity index (χ2n) is 7.06. The molecule has 0 saturated carbocycles. The van der Waals surface area contributed by atoms with Crippen LogP contribution in [0.4, 0.5) is 5.69 Å². The third kappa shape index (κ3) is 3.35. The topological polar surface area (TPSA) is 90.2 Å². The number of anilines is 1. The fourth-order valence-corrected chi connectivity index (χ4v) is 3.58. The molecule has 1 saturated heterocycles. The lowest BCUT2D eigenvalue weighted by atomic mass is 10.2. The fourth-order valence-electron chi connectivity index (χ4n) is 3.58. The Morgan fingerprint density at radius 1 is 0.967 bits per heavy atom. The molecule has 5 rings (SSSR count). The van der Waals surface area contributed by atoms with Crippen LogP contribution in [0.2, 0.25) is 0 Å². The summed E-state index contributed by atoms with van der Waals surface area (Å²) in [5.74, 6) is 0.510. The van der Waals surface area contributed by atoms with Crippen molar-refractivity contribution in [3.8, 4) is 11.5 Å². The van der Waals surface area contributed by atoms with Gasteiger partial charge in [-0.1, -0.05) is 24.3 Å². The third-order valence-electron chi connectivity index (χ3n) is 5.14. The molecule has 0 aliphatic carbocycles. The van der Waals surface area contributed by atoms with E-state index in [0.717, 1.165) is 0 Å². The highest BCUT2D eigenvalue weighted by molar-refractivity contribution is 6.11. The summed E-state index contributed by atoms with van der Waals surface area (Å²) in [5.41, 5.74) is 0.866. The number of para-hydroxylation sites is 3. The fraction of sp³-hybridized carbons (Fsp3) is 0.273. The van der Waals surface area contributed by atoms with Crippen molar-refractivity contribution in [2.45, 2.75) is 6.10 Å². The lowest BCUT2D eigenvalue weighted by Gasteiger charge is -2.27. The van der Waals surface area contributed by atoms with E-state index in [0.29, 0.717) is 54.5 Å². The van der Waals surface area contributed by atoms with Crippen LogP contribution in [0.15, 0.2) is 52.9 Å². The molecule has 2 amide bonds. The first-order valence-electron chi connectivity index (χ1n) is 9.78. The number of hydrogen-bond donors (Lipinski definition) is 1. The SMILES string of the molecule is O=C(Nc1c(C(=O)N2CCOCC2)oc2ccccc12)[C@@H]1COc2ccccc2O1. The van der Waals surface area contributed by atoms with Gasteiger partial charge in [0, 0.05) is 18.5 Å². The van der Waals surface area contributed by atoms with Gasteiger partial charge in [-0.25, -0.2) is 0 Å². The van der Waals surface area contributed by atoms with Crippen LogP contribution in [-0.2, 0) is 9.53 Å². The van der Waals surface area contributed by atoms with Gasteiger partial charge in [-0.15, -0.1) is 0 Å². The Labute approximate surface area is 172 Å². The second kappa shape index (κ2) is 7.72. The summed E-state index contributed by atoms with van der Waals surface area (Å²) in [5, 5.41) is 3.49. The molecule has 0 spiro atoms. The molecule has 1 aromatic heterocycles. The average molecular weight is 408 g/mol. The van der Waals surface area contributed by atoms with E-state index < -0.39 is 12.0 Å². The Hall–Kier alpha value is -3.52. The van der Waals surface area contributed by atoms with Crippen molar-refractivity contribution in [2.24, 2.45) is 0 Å². The van der Waals surface area contributed by atoms with E-state index in [1.165, 1.54) is 0 Å². The van der Waals surface area contributed by atoms with Crippen molar-refractivity contribution in [3.05, 3.63) is 54.3 Å². The molecule has 30 heavy (non-hydrogen) atoms. The zero-order valence-corrected chi connectivity index (χ0v) is 16.1. The van der Waals surface area contributed by atoms with Crippen LogP contribution in [0.5, 0.6) is 11.5 Å². The number of carbonyl (C=O) groups excluding carboxylic acids is 2. The van der Waals surface area contributed by atoms with Crippen LogP contribution in [0.25, 0.3) is 11.0 Å². The maximum atomic E-state index is 13.1. The maximum Gasteiger partial charge on any atom is 0.291 e. The summed E-state index contributed by atoms with van der Waals surface area (Å²) in [4.78, 5) is 27.7. The first kappa shape index (κ1) is 18.5. The van der Waals surface area contributed by atoms with Gasteiger partial charge in [0.05, 0.1) is 13.2 Å².